The predicted octanol–water partition coefficient (Wildman–Crippen LogP) is 4.01. The van der Waals surface area contributed by atoms with E-state index in [1.165, 1.54) is 6.07 Å². The van der Waals surface area contributed by atoms with E-state index in [0.717, 1.165) is 32.5 Å². The largest absolute Gasteiger partial charge is 0.508 e. The van der Waals surface area contributed by atoms with Crippen molar-refractivity contribution in [3.63, 3.8) is 0 Å². The van der Waals surface area contributed by atoms with Crippen molar-refractivity contribution < 1.29 is 24.6 Å². The standard InChI is InChI=1S/C30H27N3O5/c1-16-11-12-19(13-17(16)2)33-27(35)24-25(28(33)36)30(29(37)38,32-26(24)21-8-4-6-10-23(21)34)14-18-15-31-22-9-5-3-7-20(18)22/h3-13,15,24-26,31-32,34H,14H2,1-2H3,(H,37,38)/t24-,25-,26+,30+/m0/s1. The minimum atomic E-state index is -1.79. The number of carbonyl (C=O) groups excluding carboxylic acids is 2. The highest BCUT2D eigenvalue weighted by Crippen LogP contribution is 2.52. The molecule has 0 spiro atoms. The third kappa shape index (κ3) is 3.37. The normalized spacial score (nSPS) is 24.8. The third-order valence-electron chi connectivity index (χ3n) is 8.20. The lowest BCUT2D eigenvalue weighted by Gasteiger charge is -2.31. The molecule has 0 unspecified atom stereocenters. The number of aliphatic carboxylic acids is 1. The Kier molecular flexibility index (Phi) is 5.39. The maximum Gasteiger partial charge on any atom is 0.325 e. The van der Waals surface area contributed by atoms with Crippen molar-refractivity contribution in [1.82, 2.24) is 10.3 Å². The summed E-state index contributed by atoms with van der Waals surface area (Å²) in [5.41, 5.74) is 2.51. The summed E-state index contributed by atoms with van der Waals surface area (Å²) in [5.74, 6) is -4.53. The van der Waals surface area contributed by atoms with Crippen molar-refractivity contribution in [3.05, 3.63) is 95.2 Å². The molecule has 0 aliphatic carbocycles. The Morgan fingerprint density at radius 3 is 2.45 bits per heavy atom. The molecule has 2 amide bonds. The molecule has 4 atom stereocenters. The molecule has 3 aromatic carbocycles. The number of nitrogens with one attached hydrogen (secondary N) is 2. The second-order valence-corrected chi connectivity index (χ2v) is 10.3. The number of imide groups is 1. The van der Waals surface area contributed by atoms with Gasteiger partial charge in [-0.3, -0.25) is 19.7 Å². The zero-order valence-corrected chi connectivity index (χ0v) is 20.9. The number of fused-ring (bicyclic) bond motifs is 2. The van der Waals surface area contributed by atoms with Crippen molar-refractivity contribution in [3.8, 4) is 5.75 Å². The van der Waals surface area contributed by atoms with Crippen LogP contribution in [0.3, 0.4) is 0 Å². The summed E-state index contributed by atoms with van der Waals surface area (Å²) in [7, 11) is 0. The Balaban J connectivity index is 1.53. The summed E-state index contributed by atoms with van der Waals surface area (Å²) in [6.07, 6.45) is 1.72. The van der Waals surface area contributed by atoms with Crippen LogP contribution in [0.15, 0.2) is 72.9 Å². The molecule has 0 bridgehead atoms. The number of aromatic nitrogens is 1. The van der Waals surface area contributed by atoms with E-state index in [9.17, 15) is 24.6 Å². The number of anilines is 1. The van der Waals surface area contributed by atoms with Gasteiger partial charge in [-0.25, -0.2) is 4.90 Å². The zero-order valence-electron chi connectivity index (χ0n) is 20.9. The van der Waals surface area contributed by atoms with Crippen LogP contribution in [0.5, 0.6) is 5.75 Å². The maximum atomic E-state index is 14.1. The van der Waals surface area contributed by atoms with Crippen molar-refractivity contribution in [2.24, 2.45) is 11.8 Å². The zero-order chi connectivity index (χ0) is 26.8. The highest BCUT2D eigenvalue weighted by molar-refractivity contribution is 6.24. The molecule has 6 rings (SSSR count). The van der Waals surface area contributed by atoms with Crippen molar-refractivity contribution in [2.75, 3.05) is 4.90 Å². The first kappa shape index (κ1) is 23.9. The number of carbonyl (C=O) groups is 3. The lowest BCUT2D eigenvalue weighted by molar-refractivity contribution is -0.148. The molecule has 4 aromatic rings. The number of nitrogens with zero attached hydrogens (tertiary/aromatic N) is 1. The van der Waals surface area contributed by atoms with Crippen LogP contribution in [-0.2, 0) is 20.8 Å². The van der Waals surface area contributed by atoms with Crippen LogP contribution >= 0.6 is 0 Å². The molecule has 0 radical (unpaired) electrons. The van der Waals surface area contributed by atoms with Crippen LogP contribution in [0.1, 0.15) is 28.3 Å². The monoisotopic (exact) mass is 509 g/mol. The number of carboxylic acids is 1. The number of rotatable bonds is 5. The van der Waals surface area contributed by atoms with E-state index in [1.54, 1.807) is 36.5 Å². The van der Waals surface area contributed by atoms with Crippen LogP contribution in [0.2, 0.25) is 0 Å². The van der Waals surface area contributed by atoms with Crippen LogP contribution < -0.4 is 10.2 Å². The van der Waals surface area contributed by atoms with Gasteiger partial charge >= 0.3 is 5.97 Å². The molecule has 4 N–H and O–H groups in total. The third-order valence-corrected chi connectivity index (χ3v) is 8.20. The number of aromatic amines is 1. The summed E-state index contributed by atoms with van der Waals surface area (Å²) in [6.45, 7) is 3.84. The van der Waals surface area contributed by atoms with Gasteiger partial charge in [0.2, 0.25) is 11.8 Å². The van der Waals surface area contributed by atoms with Gasteiger partial charge in [-0.1, -0.05) is 42.5 Å². The fourth-order valence-electron chi connectivity index (χ4n) is 6.15. The fraction of sp³-hybridized carbons (Fsp3) is 0.233. The number of hydrogen-bond acceptors (Lipinski definition) is 5. The van der Waals surface area contributed by atoms with Gasteiger partial charge in [0.1, 0.15) is 11.3 Å². The predicted molar refractivity (Wildman–Crippen MR) is 142 cm³/mol. The summed E-state index contributed by atoms with van der Waals surface area (Å²) in [6, 6.07) is 18.5. The highest BCUT2D eigenvalue weighted by atomic mass is 16.4. The summed E-state index contributed by atoms with van der Waals surface area (Å²) < 4.78 is 0. The smallest absolute Gasteiger partial charge is 0.325 e. The number of aromatic hydroxyl groups is 1. The van der Waals surface area contributed by atoms with E-state index in [1.807, 2.05) is 44.2 Å². The Bertz CT molecular complexity index is 1630. The van der Waals surface area contributed by atoms with Crippen LogP contribution in [0.25, 0.3) is 10.9 Å². The first-order valence-corrected chi connectivity index (χ1v) is 12.5. The van der Waals surface area contributed by atoms with Gasteiger partial charge in [0.25, 0.3) is 0 Å². The summed E-state index contributed by atoms with van der Waals surface area (Å²) >= 11 is 0. The Labute approximate surface area is 218 Å². The number of H-pyrrole nitrogens is 1. The molecule has 192 valence electrons. The van der Waals surface area contributed by atoms with E-state index < -0.39 is 41.2 Å². The first-order valence-electron chi connectivity index (χ1n) is 12.5. The average Bonchev–Trinajstić information content (AvgIpc) is 3.54. The van der Waals surface area contributed by atoms with E-state index >= 15 is 0 Å². The fourth-order valence-corrected chi connectivity index (χ4v) is 6.15. The molecule has 8 heteroatoms. The summed E-state index contributed by atoms with van der Waals surface area (Å²) in [4.78, 5) is 45.6. The Morgan fingerprint density at radius 1 is 0.974 bits per heavy atom. The molecule has 2 aliphatic rings. The highest BCUT2D eigenvalue weighted by Gasteiger charge is 2.69. The minimum Gasteiger partial charge on any atom is -0.508 e. The number of benzene rings is 3. The first-order chi connectivity index (χ1) is 18.2. The van der Waals surface area contributed by atoms with E-state index in [4.69, 9.17) is 0 Å². The molecular formula is C30H27N3O5. The summed E-state index contributed by atoms with van der Waals surface area (Å²) in [5, 5.41) is 25.5. The number of hydrogen-bond donors (Lipinski definition) is 4. The number of phenols is 1. The molecule has 2 saturated heterocycles. The van der Waals surface area contributed by atoms with Gasteiger partial charge in [-0.05, 0) is 54.8 Å². The van der Waals surface area contributed by atoms with E-state index in [-0.39, 0.29) is 12.2 Å². The minimum absolute atomic E-state index is 0.0304. The second kappa shape index (κ2) is 8.56. The van der Waals surface area contributed by atoms with Gasteiger partial charge < -0.3 is 15.2 Å². The number of para-hydroxylation sites is 2. The van der Waals surface area contributed by atoms with Crippen molar-refractivity contribution in [1.29, 1.82) is 0 Å². The van der Waals surface area contributed by atoms with Crippen LogP contribution in [0, 0.1) is 25.7 Å². The molecule has 1 aromatic heterocycles. The van der Waals surface area contributed by atoms with Crippen molar-refractivity contribution >= 4 is 34.4 Å². The van der Waals surface area contributed by atoms with Crippen molar-refractivity contribution in [2.45, 2.75) is 31.8 Å². The molecule has 2 aliphatic heterocycles. The van der Waals surface area contributed by atoms with Gasteiger partial charge in [0, 0.05) is 35.1 Å². The molecule has 38 heavy (non-hydrogen) atoms. The second-order valence-electron chi connectivity index (χ2n) is 10.3. The van der Waals surface area contributed by atoms with Gasteiger partial charge in [0.15, 0.2) is 0 Å². The Hall–Kier alpha value is -4.43. The lowest BCUT2D eigenvalue weighted by Crippen LogP contribution is -2.57. The number of aryl methyl sites for hydroxylation is 2. The van der Waals surface area contributed by atoms with Gasteiger partial charge in [-0.2, -0.15) is 0 Å². The molecule has 8 nitrogen and oxygen atoms in total. The Morgan fingerprint density at radius 2 is 1.71 bits per heavy atom. The van der Waals surface area contributed by atoms with Crippen LogP contribution in [-0.4, -0.2) is 38.5 Å². The maximum absolute atomic E-state index is 14.1. The molecule has 0 saturated carbocycles. The molecule has 2 fully saturated rings. The SMILES string of the molecule is Cc1ccc(N2C(=O)[C@@H]3[C@@H](c4ccccc4O)N[C@@](Cc4c[nH]c5ccccc45)(C(=O)O)[C@@H]3C2=O)cc1C. The number of amides is 2. The number of phenolic OH excluding ortho intramolecular Hbond substituents is 1. The lowest BCUT2D eigenvalue weighted by atomic mass is 9.76. The average molecular weight is 510 g/mol. The van der Waals surface area contributed by atoms with E-state index in [2.05, 4.69) is 10.3 Å². The quantitative estimate of drug-likeness (QED) is 0.302. The topological polar surface area (TPSA) is 123 Å². The molecule has 3 heterocycles. The van der Waals surface area contributed by atoms with Crippen LogP contribution in [0.4, 0.5) is 5.69 Å². The molecular weight excluding hydrogens is 482 g/mol. The van der Waals surface area contributed by atoms with Gasteiger partial charge in [0.05, 0.1) is 17.5 Å². The van der Waals surface area contributed by atoms with E-state index in [0.29, 0.717) is 11.3 Å². The number of carboxylic acid groups (broad SMARTS) is 1. The van der Waals surface area contributed by atoms with Gasteiger partial charge in [-0.15, -0.1) is 0 Å².